The van der Waals surface area contributed by atoms with Gasteiger partial charge >= 0.3 is 0 Å². The lowest BCUT2D eigenvalue weighted by molar-refractivity contribution is -0.136. The van der Waals surface area contributed by atoms with Crippen LogP contribution in [0.5, 0.6) is 0 Å². The van der Waals surface area contributed by atoms with E-state index in [0.29, 0.717) is 12.1 Å². The van der Waals surface area contributed by atoms with Crippen LogP contribution in [0.3, 0.4) is 0 Å². The van der Waals surface area contributed by atoms with E-state index in [1.165, 1.54) is 4.90 Å². The molecule has 0 bridgehead atoms. The Bertz CT molecular complexity index is 1420. The Kier molecular flexibility index (Phi) is 7.41. The first-order chi connectivity index (χ1) is 18.4. The molecule has 2 aromatic carbocycles. The van der Waals surface area contributed by atoms with E-state index < -0.39 is 12.1 Å². The molecule has 1 aliphatic carbocycles. The number of hydrogen-bond acceptors (Lipinski definition) is 6. The average molecular weight is 527 g/mol. The highest BCUT2D eigenvalue weighted by atomic mass is 32.1. The van der Waals surface area contributed by atoms with Crippen LogP contribution in [0.25, 0.3) is 16.5 Å². The summed E-state index contributed by atoms with van der Waals surface area (Å²) in [4.78, 5) is 33.9. The van der Waals surface area contributed by atoms with Crippen molar-refractivity contribution in [2.24, 2.45) is 5.92 Å². The van der Waals surface area contributed by atoms with Crippen molar-refractivity contribution in [1.29, 1.82) is 5.26 Å². The van der Waals surface area contributed by atoms with Crippen LogP contribution >= 0.6 is 11.3 Å². The minimum Gasteiger partial charge on any atom is -0.391 e. The number of hydrogen-bond donors (Lipinski definition) is 2. The van der Waals surface area contributed by atoms with Gasteiger partial charge in [-0.05, 0) is 41.2 Å². The Labute approximate surface area is 226 Å². The van der Waals surface area contributed by atoms with Gasteiger partial charge in [0.1, 0.15) is 6.04 Å². The predicted octanol–water partition coefficient (Wildman–Crippen LogP) is 4.43. The number of nitriles is 1. The van der Waals surface area contributed by atoms with Gasteiger partial charge in [0, 0.05) is 37.4 Å². The van der Waals surface area contributed by atoms with Gasteiger partial charge in [0.2, 0.25) is 5.91 Å². The van der Waals surface area contributed by atoms with Gasteiger partial charge in [0.15, 0.2) is 0 Å². The number of β-amino-alcohol motifs (C(OH)–C–C–N with tert-alkyl or cyclic N) is 1. The molecule has 0 radical (unpaired) electrons. The van der Waals surface area contributed by atoms with Gasteiger partial charge in [-0.2, -0.15) is 5.26 Å². The van der Waals surface area contributed by atoms with Crippen molar-refractivity contribution >= 4 is 29.2 Å². The molecule has 7 nitrogen and oxygen atoms in total. The SMILES string of the molecule is Cc1ncsc1-c1ccc(CNC(=O)[C@@H]2C[C@@H](O)CN2C(=O)C2=Cc3ccccc3[C@H](C)C2CC#N)cc1. The first-order valence-electron chi connectivity index (χ1n) is 12.8. The summed E-state index contributed by atoms with van der Waals surface area (Å²) >= 11 is 1.59. The Balaban J connectivity index is 1.31. The van der Waals surface area contributed by atoms with Gasteiger partial charge < -0.3 is 15.3 Å². The number of aromatic nitrogens is 1. The summed E-state index contributed by atoms with van der Waals surface area (Å²) in [5.74, 6) is -0.859. The van der Waals surface area contributed by atoms with E-state index in [-0.39, 0.29) is 43.0 Å². The number of likely N-dealkylation sites (tertiary alicyclic amines) is 1. The second-order valence-electron chi connectivity index (χ2n) is 10.0. The van der Waals surface area contributed by atoms with E-state index >= 15 is 0 Å². The molecule has 0 saturated carbocycles. The zero-order chi connectivity index (χ0) is 26.8. The summed E-state index contributed by atoms with van der Waals surface area (Å²) in [5, 5.41) is 22.9. The van der Waals surface area contributed by atoms with Gasteiger partial charge in [-0.1, -0.05) is 55.5 Å². The number of thiazole rings is 1. The van der Waals surface area contributed by atoms with Crippen LogP contribution < -0.4 is 5.32 Å². The highest BCUT2D eigenvalue weighted by Crippen LogP contribution is 2.41. The van der Waals surface area contributed by atoms with Crippen LogP contribution in [0, 0.1) is 24.2 Å². The molecular weight excluding hydrogens is 496 g/mol. The van der Waals surface area contributed by atoms with Crippen molar-refractivity contribution < 1.29 is 14.7 Å². The first-order valence-corrected chi connectivity index (χ1v) is 13.7. The molecule has 38 heavy (non-hydrogen) atoms. The highest BCUT2D eigenvalue weighted by Gasteiger charge is 2.42. The van der Waals surface area contributed by atoms with Crippen molar-refractivity contribution in [1.82, 2.24) is 15.2 Å². The fourth-order valence-electron chi connectivity index (χ4n) is 5.54. The van der Waals surface area contributed by atoms with E-state index in [2.05, 4.69) is 16.4 Å². The Morgan fingerprint density at radius 3 is 2.68 bits per heavy atom. The fraction of sp³-hybridized carbons (Fsp3) is 0.333. The molecule has 194 valence electrons. The minimum absolute atomic E-state index is 0.00804. The van der Waals surface area contributed by atoms with Crippen molar-refractivity contribution in [2.45, 2.75) is 51.3 Å². The maximum atomic E-state index is 13.8. The summed E-state index contributed by atoms with van der Waals surface area (Å²) in [6.07, 6.45) is 1.46. The topological polar surface area (TPSA) is 106 Å². The lowest BCUT2D eigenvalue weighted by Crippen LogP contribution is -2.47. The summed E-state index contributed by atoms with van der Waals surface area (Å²) < 4.78 is 0. The van der Waals surface area contributed by atoms with Gasteiger partial charge in [-0.25, -0.2) is 4.98 Å². The molecule has 2 aliphatic rings. The molecule has 5 rings (SSSR count). The Hall–Kier alpha value is -3.80. The number of aliphatic hydroxyl groups excluding tert-OH is 1. The van der Waals surface area contributed by atoms with Crippen LogP contribution in [0.1, 0.15) is 48.1 Å². The smallest absolute Gasteiger partial charge is 0.250 e. The van der Waals surface area contributed by atoms with E-state index in [1.807, 2.05) is 74.0 Å². The molecular formula is C30H30N4O3S. The maximum absolute atomic E-state index is 13.8. The van der Waals surface area contributed by atoms with Gasteiger partial charge in [-0.15, -0.1) is 11.3 Å². The third-order valence-electron chi connectivity index (χ3n) is 7.63. The molecule has 3 aromatic rings. The molecule has 0 spiro atoms. The number of fused-ring (bicyclic) bond motifs is 1. The lowest BCUT2D eigenvalue weighted by Gasteiger charge is -2.33. The predicted molar refractivity (Wildman–Crippen MR) is 147 cm³/mol. The third kappa shape index (κ3) is 5.00. The normalized spacial score (nSPS) is 22.4. The molecule has 2 amide bonds. The quantitative estimate of drug-likeness (QED) is 0.494. The Morgan fingerprint density at radius 1 is 1.21 bits per heavy atom. The van der Waals surface area contributed by atoms with E-state index in [1.54, 1.807) is 11.3 Å². The molecule has 2 heterocycles. The number of nitrogens with one attached hydrogen (secondary N) is 1. The van der Waals surface area contributed by atoms with Gasteiger partial charge in [0.25, 0.3) is 5.91 Å². The third-order valence-corrected chi connectivity index (χ3v) is 8.61. The van der Waals surface area contributed by atoms with Crippen LogP contribution in [0.2, 0.25) is 0 Å². The van der Waals surface area contributed by atoms with Crippen LogP contribution in [-0.2, 0) is 16.1 Å². The average Bonchev–Trinajstić information content (AvgIpc) is 3.54. The highest BCUT2D eigenvalue weighted by molar-refractivity contribution is 7.13. The maximum Gasteiger partial charge on any atom is 0.250 e. The number of benzene rings is 2. The fourth-order valence-corrected chi connectivity index (χ4v) is 6.35. The van der Waals surface area contributed by atoms with Gasteiger partial charge in [-0.3, -0.25) is 9.59 Å². The molecule has 1 fully saturated rings. The van der Waals surface area contributed by atoms with E-state index in [0.717, 1.165) is 32.8 Å². The summed E-state index contributed by atoms with van der Waals surface area (Å²) in [6, 6.07) is 17.3. The van der Waals surface area contributed by atoms with Crippen LogP contribution in [0.15, 0.2) is 59.6 Å². The van der Waals surface area contributed by atoms with E-state index in [9.17, 15) is 20.0 Å². The molecule has 2 N–H and O–H groups in total. The number of carbonyl (C=O) groups excluding carboxylic acids is 2. The number of nitrogens with zero attached hydrogens (tertiary/aromatic N) is 3. The number of amides is 2. The molecule has 1 unspecified atom stereocenters. The monoisotopic (exact) mass is 526 g/mol. The van der Waals surface area contributed by atoms with Crippen molar-refractivity contribution in [3.8, 4) is 16.5 Å². The second kappa shape index (κ2) is 10.9. The number of aryl methyl sites for hydroxylation is 1. The molecule has 1 aromatic heterocycles. The largest absolute Gasteiger partial charge is 0.391 e. The van der Waals surface area contributed by atoms with Crippen LogP contribution in [0.4, 0.5) is 0 Å². The number of aliphatic hydroxyl groups is 1. The molecule has 4 atom stereocenters. The summed E-state index contributed by atoms with van der Waals surface area (Å²) in [6.45, 7) is 4.42. The standard InChI is InChI=1S/C30H30N4O3S/c1-18-24-6-4-3-5-22(24)13-26(25(18)11-12-31)30(37)34-16-23(35)14-27(34)29(36)32-15-20-7-9-21(10-8-20)28-19(2)33-17-38-28/h3-10,13,17-18,23,25,27,35H,11,14-16H2,1-2H3,(H,32,36)/t18-,23+,25?,27-/m0/s1. The van der Waals surface area contributed by atoms with Crippen molar-refractivity contribution in [2.75, 3.05) is 6.54 Å². The molecule has 1 aliphatic heterocycles. The zero-order valence-electron chi connectivity index (χ0n) is 21.4. The lowest BCUT2D eigenvalue weighted by atomic mass is 9.74. The summed E-state index contributed by atoms with van der Waals surface area (Å²) in [7, 11) is 0. The van der Waals surface area contributed by atoms with Gasteiger partial charge in [0.05, 0.1) is 28.3 Å². The first kappa shape index (κ1) is 25.8. The molecule has 1 saturated heterocycles. The Morgan fingerprint density at radius 2 is 1.97 bits per heavy atom. The molecule has 8 heteroatoms. The van der Waals surface area contributed by atoms with Crippen molar-refractivity contribution in [3.05, 3.63) is 82.0 Å². The minimum atomic E-state index is -0.778. The van der Waals surface area contributed by atoms with E-state index in [4.69, 9.17) is 0 Å². The summed E-state index contributed by atoms with van der Waals surface area (Å²) in [5.41, 5.74) is 7.43. The van der Waals surface area contributed by atoms with Crippen LogP contribution in [-0.4, -0.2) is 45.5 Å². The number of carbonyl (C=O) groups is 2. The van der Waals surface area contributed by atoms with Crippen molar-refractivity contribution in [3.63, 3.8) is 0 Å². The second-order valence-corrected chi connectivity index (χ2v) is 10.9. The number of rotatable bonds is 6. The zero-order valence-corrected chi connectivity index (χ0v) is 22.2.